The summed E-state index contributed by atoms with van der Waals surface area (Å²) in [6, 6.07) is 10.5. The Morgan fingerprint density at radius 2 is 1.69 bits per heavy atom. The highest BCUT2D eigenvalue weighted by Crippen LogP contribution is 2.67. The van der Waals surface area contributed by atoms with Gasteiger partial charge in [0.05, 0.1) is 12.7 Å². The Kier molecular flexibility index (Phi) is 4.34. The van der Waals surface area contributed by atoms with E-state index in [1.807, 2.05) is 0 Å². The quantitative estimate of drug-likeness (QED) is 0.686. The van der Waals surface area contributed by atoms with Gasteiger partial charge in [0.2, 0.25) is 0 Å². The van der Waals surface area contributed by atoms with Gasteiger partial charge in [-0.25, -0.2) is 0 Å². The van der Waals surface area contributed by atoms with Crippen molar-refractivity contribution in [2.75, 3.05) is 0 Å². The summed E-state index contributed by atoms with van der Waals surface area (Å²) in [7, 11) is 0. The first-order valence-corrected chi connectivity index (χ1v) is 10.5. The molecular formula is C24H34O2. The van der Waals surface area contributed by atoms with E-state index in [9.17, 15) is 4.79 Å². The fraction of sp³-hybridized carbons (Fsp3) is 0.708. The normalized spacial score (nSPS) is 41.5. The SMILES string of the molecule is CC1(C)[C@@H](OCc2ccccc2)CC[C@]2(C)[C@H]3CCC(=O)[C@]3(C)CC[C@@H]12. The molecule has 5 atom stereocenters. The van der Waals surface area contributed by atoms with Gasteiger partial charge in [0.25, 0.3) is 0 Å². The van der Waals surface area contributed by atoms with E-state index in [-0.39, 0.29) is 16.2 Å². The van der Waals surface area contributed by atoms with E-state index in [0.29, 0.717) is 30.3 Å². The van der Waals surface area contributed by atoms with Gasteiger partial charge in [-0.15, -0.1) is 0 Å². The van der Waals surface area contributed by atoms with E-state index in [1.165, 1.54) is 18.4 Å². The van der Waals surface area contributed by atoms with Gasteiger partial charge in [0, 0.05) is 11.8 Å². The minimum atomic E-state index is -0.0565. The molecule has 26 heavy (non-hydrogen) atoms. The van der Waals surface area contributed by atoms with Crippen molar-refractivity contribution < 1.29 is 9.53 Å². The third kappa shape index (κ3) is 2.59. The summed E-state index contributed by atoms with van der Waals surface area (Å²) in [5.74, 6) is 1.74. The summed E-state index contributed by atoms with van der Waals surface area (Å²) in [5.41, 5.74) is 1.65. The lowest BCUT2D eigenvalue weighted by atomic mass is 9.43. The summed E-state index contributed by atoms with van der Waals surface area (Å²) in [6.07, 6.45) is 6.79. The van der Waals surface area contributed by atoms with E-state index in [4.69, 9.17) is 4.74 Å². The molecule has 3 aliphatic carbocycles. The molecule has 0 radical (unpaired) electrons. The van der Waals surface area contributed by atoms with Crippen LogP contribution in [0, 0.1) is 28.1 Å². The van der Waals surface area contributed by atoms with Gasteiger partial charge in [-0.05, 0) is 60.3 Å². The summed E-state index contributed by atoms with van der Waals surface area (Å²) >= 11 is 0. The Hall–Kier alpha value is -1.15. The number of hydrogen-bond donors (Lipinski definition) is 0. The van der Waals surface area contributed by atoms with Gasteiger partial charge < -0.3 is 4.74 Å². The number of ketones is 1. The van der Waals surface area contributed by atoms with Crippen molar-refractivity contribution in [3.8, 4) is 0 Å². The summed E-state index contributed by atoms with van der Waals surface area (Å²) in [4.78, 5) is 12.6. The molecule has 2 heteroatoms. The number of ether oxygens (including phenoxy) is 1. The molecule has 2 nitrogen and oxygen atoms in total. The van der Waals surface area contributed by atoms with E-state index >= 15 is 0 Å². The second kappa shape index (κ2) is 6.19. The number of carbonyl (C=O) groups excluding carboxylic acids is 1. The minimum absolute atomic E-state index is 0.0565. The number of hydrogen-bond acceptors (Lipinski definition) is 2. The van der Waals surface area contributed by atoms with Crippen LogP contribution in [0.15, 0.2) is 30.3 Å². The highest BCUT2D eigenvalue weighted by atomic mass is 16.5. The molecule has 1 aromatic carbocycles. The van der Waals surface area contributed by atoms with E-state index in [2.05, 4.69) is 58.0 Å². The summed E-state index contributed by atoms with van der Waals surface area (Å²) in [5, 5.41) is 0. The maximum atomic E-state index is 12.6. The fourth-order valence-corrected chi connectivity index (χ4v) is 7.14. The predicted octanol–water partition coefficient (Wildman–Crippen LogP) is 5.79. The fourth-order valence-electron chi connectivity index (χ4n) is 7.14. The number of Topliss-reactive ketones (excluding diaryl/α,β-unsaturated/α-hetero) is 1. The second-order valence-electron chi connectivity index (χ2n) is 10.2. The molecule has 0 saturated heterocycles. The first-order valence-electron chi connectivity index (χ1n) is 10.5. The third-order valence-corrected chi connectivity index (χ3v) is 8.58. The number of rotatable bonds is 3. The van der Waals surface area contributed by atoms with Crippen LogP contribution < -0.4 is 0 Å². The van der Waals surface area contributed by atoms with Crippen LogP contribution in [0.1, 0.15) is 71.8 Å². The van der Waals surface area contributed by atoms with Crippen LogP contribution >= 0.6 is 0 Å². The third-order valence-electron chi connectivity index (χ3n) is 8.58. The molecular weight excluding hydrogens is 320 g/mol. The van der Waals surface area contributed by atoms with Crippen LogP contribution in [0.2, 0.25) is 0 Å². The highest BCUT2D eigenvalue weighted by Gasteiger charge is 2.63. The lowest BCUT2D eigenvalue weighted by Gasteiger charge is -2.62. The van der Waals surface area contributed by atoms with Crippen LogP contribution in [0.3, 0.4) is 0 Å². The minimum Gasteiger partial charge on any atom is -0.373 e. The van der Waals surface area contributed by atoms with E-state index in [1.54, 1.807) is 0 Å². The van der Waals surface area contributed by atoms with Crippen LogP contribution in [0.5, 0.6) is 0 Å². The Morgan fingerprint density at radius 1 is 0.962 bits per heavy atom. The van der Waals surface area contributed by atoms with Crippen molar-refractivity contribution >= 4 is 5.78 Å². The highest BCUT2D eigenvalue weighted by molar-refractivity contribution is 5.87. The molecule has 3 saturated carbocycles. The lowest BCUT2D eigenvalue weighted by Crippen LogP contribution is -2.58. The molecule has 3 fully saturated rings. The largest absolute Gasteiger partial charge is 0.373 e. The Morgan fingerprint density at radius 3 is 2.42 bits per heavy atom. The Balaban J connectivity index is 1.54. The van der Waals surface area contributed by atoms with Crippen LogP contribution in [-0.2, 0) is 16.1 Å². The van der Waals surface area contributed by atoms with Gasteiger partial charge >= 0.3 is 0 Å². The predicted molar refractivity (Wildman–Crippen MR) is 105 cm³/mol. The van der Waals surface area contributed by atoms with Gasteiger partial charge in [-0.1, -0.05) is 58.0 Å². The summed E-state index contributed by atoms with van der Waals surface area (Å²) < 4.78 is 6.47. The molecule has 0 bridgehead atoms. The average Bonchev–Trinajstić information content (AvgIpc) is 2.91. The molecule has 4 rings (SSSR count). The molecule has 0 spiro atoms. The van der Waals surface area contributed by atoms with Crippen molar-refractivity contribution in [2.45, 2.75) is 78.9 Å². The van der Waals surface area contributed by atoms with Gasteiger partial charge in [0.1, 0.15) is 5.78 Å². The van der Waals surface area contributed by atoms with Crippen molar-refractivity contribution in [3.63, 3.8) is 0 Å². The monoisotopic (exact) mass is 354 g/mol. The average molecular weight is 355 g/mol. The van der Waals surface area contributed by atoms with Crippen molar-refractivity contribution in [1.82, 2.24) is 0 Å². The summed E-state index contributed by atoms with van der Waals surface area (Å²) in [6.45, 7) is 10.3. The zero-order valence-electron chi connectivity index (χ0n) is 16.9. The van der Waals surface area contributed by atoms with Gasteiger partial charge in [-0.3, -0.25) is 4.79 Å². The molecule has 0 aromatic heterocycles. The zero-order valence-corrected chi connectivity index (χ0v) is 16.9. The number of carbonyl (C=O) groups is 1. The van der Waals surface area contributed by atoms with Gasteiger partial charge in [0.15, 0.2) is 0 Å². The Labute approximate surface area is 158 Å². The number of benzene rings is 1. The van der Waals surface area contributed by atoms with Gasteiger partial charge in [-0.2, -0.15) is 0 Å². The lowest BCUT2D eigenvalue weighted by molar-refractivity contribution is -0.182. The Bertz CT molecular complexity index is 679. The molecule has 142 valence electrons. The molecule has 3 aliphatic rings. The van der Waals surface area contributed by atoms with Crippen LogP contribution in [0.25, 0.3) is 0 Å². The standard InChI is InChI=1S/C24H34O2/c1-22(2)18-12-14-24(4)19(10-11-20(24)25)23(18,3)15-13-21(22)26-16-17-8-6-5-7-9-17/h5-9,18-19,21H,10-16H2,1-4H3/t18-,19+,21-,23-,24+/m0/s1. The topological polar surface area (TPSA) is 26.3 Å². The smallest absolute Gasteiger partial charge is 0.139 e. The van der Waals surface area contributed by atoms with Crippen molar-refractivity contribution in [1.29, 1.82) is 0 Å². The molecule has 0 N–H and O–H groups in total. The van der Waals surface area contributed by atoms with Crippen molar-refractivity contribution in [3.05, 3.63) is 35.9 Å². The molecule has 0 aliphatic heterocycles. The first-order chi connectivity index (χ1) is 12.3. The number of fused-ring (bicyclic) bond motifs is 3. The maximum absolute atomic E-state index is 12.6. The van der Waals surface area contributed by atoms with Crippen molar-refractivity contribution in [2.24, 2.45) is 28.1 Å². The first kappa shape index (κ1) is 18.2. The second-order valence-corrected chi connectivity index (χ2v) is 10.2. The van der Waals surface area contributed by atoms with Crippen LogP contribution in [0.4, 0.5) is 0 Å². The van der Waals surface area contributed by atoms with E-state index < -0.39 is 0 Å². The zero-order chi connectivity index (χ0) is 18.6. The molecule has 0 amide bonds. The van der Waals surface area contributed by atoms with Crippen LogP contribution in [-0.4, -0.2) is 11.9 Å². The molecule has 0 unspecified atom stereocenters. The molecule has 1 aromatic rings. The molecule has 0 heterocycles. The van der Waals surface area contributed by atoms with E-state index in [0.717, 1.165) is 25.7 Å². The maximum Gasteiger partial charge on any atom is 0.139 e.